The number of ether oxygens (including phenoxy) is 1. The second-order valence-corrected chi connectivity index (χ2v) is 5.77. The van der Waals surface area contributed by atoms with Crippen LogP contribution >= 0.6 is 11.6 Å². The molecule has 0 radical (unpaired) electrons. The molecule has 2 aliphatic heterocycles. The Bertz CT molecular complexity index is 570. The summed E-state index contributed by atoms with van der Waals surface area (Å²) in [4.78, 5) is 14.9. The van der Waals surface area contributed by atoms with Crippen molar-refractivity contribution in [1.82, 2.24) is 4.90 Å². The summed E-state index contributed by atoms with van der Waals surface area (Å²) >= 11 is 5.99. The number of hydrogen-bond donors (Lipinski definition) is 0. The molecule has 6 heteroatoms. The molecule has 0 aliphatic carbocycles. The number of hydrazone groups is 1. The summed E-state index contributed by atoms with van der Waals surface area (Å²) < 4.78 is 5.34. The lowest BCUT2D eigenvalue weighted by atomic mass is 10.0. The maximum absolute atomic E-state index is 12.6. The van der Waals surface area contributed by atoms with Crippen LogP contribution < -0.4 is 5.01 Å². The van der Waals surface area contributed by atoms with Crippen molar-refractivity contribution in [3.63, 3.8) is 0 Å². The van der Waals surface area contributed by atoms with Crippen LogP contribution in [0.15, 0.2) is 29.4 Å². The molecule has 1 unspecified atom stereocenters. The second-order valence-electron chi connectivity index (χ2n) is 5.34. The van der Waals surface area contributed by atoms with Gasteiger partial charge >= 0.3 is 0 Å². The largest absolute Gasteiger partial charge is 0.379 e. The van der Waals surface area contributed by atoms with Gasteiger partial charge in [0.2, 0.25) is 0 Å². The number of carbonyl (C=O) groups excluding carboxylic acids is 1. The van der Waals surface area contributed by atoms with E-state index in [1.807, 2.05) is 19.1 Å². The lowest BCUT2D eigenvalue weighted by Gasteiger charge is -2.28. The van der Waals surface area contributed by atoms with Gasteiger partial charge in [-0.1, -0.05) is 17.7 Å². The molecule has 2 aliphatic rings. The molecular weight excluding hydrogens is 290 g/mol. The first-order chi connectivity index (χ1) is 10.1. The number of amides is 1. The van der Waals surface area contributed by atoms with Crippen molar-refractivity contribution >= 4 is 28.9 Å². The van der Waals surface area contributed by atoms with Crippen molar-refractivity contribution in [2.45, 2.75) is 6.92 Å². The zero-order valence-electron chi connectivity index (χ0n) is 12.0. The average Bonchev–Trinajstić information content (AvgIpc) is 2.76. The van der Waals surface area contributed by atoms with Gasteiger partial charge in [-0.15, -0.1) is 0 Å². The van der Waals surface area contributed by atoms with Gasteiger partial charge in [0.05, 0.1) is 24.8 Å². The quantitative estimate of drug-likeness (QED) is 0.858. The van der Waals surface area contributed by atoms with Gasteiger partial charge in [0.15, 0.2) is 0 Å². The highest BCUT2D eigenvalue weighted by Crippen LogP contribution is 2.26. The van der Waals surface area contributed by atoms with Crippen molar-refractivity contribution in [2.75, 3.05) is 37.9 Å². The highest BCUT2D eigenvalue weighted by molar-refractivity contribution is 6.31. The van der Waals surface area contributed by atoms with Crippen LogP contribution in [0.25, 0.3) is 0 Å². The lowest BCUT2D eigenvalue weighted by Crippen LogP contribution is -2.43. The van der Waals surface area contributed by atoms with Crippen LogP contribution in [-0.4, -0.2) is 49.4 Å². The fourth-order valence-corrected chi connectivity index (χ4v) is 2.83. The second kappa shape index (κ2) is 6.13. The highest BCUT2D eigenvalue weighted by atomic mass is 35.5. The molecule has 1 saturated heterocycles. The number of halogens is 1. The van der Waals surface area contributed by atoms with Crippen molar-refractivity contribution in [3.05, 3.63) is 29.3 Å². The molecule has 1 aromatic rings. The number of nitrogens with zero attached hydrogens (tertiary/aromatic N) is 3. The van der Waals surface area contributed by atoms with Crippen LogP contribution in [0.1, 0.15) is 6.92 Å². The summed E-state index contributed by atoms with van der Waals surface area (Å²) in [6.07, 6.45) is 0. The Hall–Kier alpha value is -1.43. The van der Waals surface area contributed by atoms with E-state index in [2.05, 4.69) is 10.0 Å². The lowest BCUT2D eigenvalue weighted by molar-refractivity contribution is -0.120. The number of benzene rings is 1. The van der Waals surface area contributed by atoms with Gasteiger partial charge in [-0.3, -0.25) is 9.69 Å². The minimum Gasteiger partial charge on any atom is -0.379 e. The van der Waals surface area contributed by atoms with E-state index >= 15 is 0 Å². The first-order valence-electron chi connectivity index (χ1n) is 7.10. The molecule has 5 nitrogen and oxygen atoms in total. The highest BCUT2D eigenvalue weighted by Gasteiger charge is 2.35. The summed E-state index contributed by atoms with van der Waals surface area (Å²) in [6.45, 7) is 5.81. The summed E-state index contributed by atoms with van der Waals surface area (Å²) in [5, 5.41) is 6.48. The summed E-state index contributed by atoms with van der Waals surface area (Å²) in [7, 11) is 0. The Morgan fingerprint density at radius 3 is 2.86 bits per heavy atom. The van der Waals surface area contributed by atoms with Crippen molar-refractivity contribution < 1.29 is 9.53 Å². The fourth-order valence-electron chi connectivity index (χ4n) is 2.65. The van der Waals surface area contributed by atoms with E-state index in [0.29, 0.717) is 11.6 Å². The first kappa shape index (κ1) is 14.5. The molecule has 1 atom stereocenters. The minimum absolute atomic E-state index is 0.0151. The molecule has 0 bridgehead atoms. The van der Waals surface area contributed by atoms with E-state index in [1.165, 1.54) is 5.01 Å². The molecule has 1 fully saturated rings. The summed E-state index contributed by atoms with van der Waals surface area (Å²) in [5.41, 5.74) is 1.57. The Labute approximate surface area is 129 Å². The molecule has 0 spiro atoms. The molecule has 0 N–H and O–H groups in total. The molecule has 3 rings (SSSR count). The summed E-state index contributed by atoms with van der Waals surface area (Å²) in [5.74, 6) is -0.164. The molecule has 1 amide bonds. The van der Waals surface area contributed by atoms with E-state index in [-0.39, 0.29) is 11.8 Å². The number of morpholine rings is 1. The van der Waals surface area contributed by atoms with Gasteiger partial charge in [-0.25, -0.2) is 5.01 Å². The van der Waals surface area contributed by atoms with E-state index in [9.17, 15) is 4.79 Å². The topological polar surface area (TPSA) is 45.1 Å². The SMILES string of the molecule is CC1=NN(c2cccc(Cl)c2)C(=O)C1CN1CCOCC1. The number of rotatable bonds is 3. The van der Waals surface area contributed by atoms with Gasteiger partial charge in [0.1, 0.15) is 0 Å². The third-order valence-corrected chi connectivity index (χ3v) is 4.10. The smallest absolute Gasteiger partial charge is 0.257 e. The van der Waals surface area contributed by atoms with Gasteiger partial charge in [-0.2, -0.15) is 5.10 Å². The van der Waals surface area contributed by atoms with E-state index in [0.717, 1.165) is 37.7 Å². The Balaban J connectivity index is 1.74. The Morgan fingerprint density at radius 1 is 1.38 bits per heavy atom. The molecule has 0 saturated carbocycles. The predicted molar refractivity (Wildman–Crippen MR) is 82.8 cm³/mol. The van der Waals surface area contributed by atoms with Gasteiger partial charge in [0, 0.05) is 30.4 Å². The van der Waals surface area contributed by atoms with E-state index < -0.39 is 0 Å². The van der Waals surface area contributed by atoms with Crippen LogP contribution in [0.4, 0.5) is 5.69 Å². The molecule has 0 aromatic heterocycles. The van der Waals surface area contributed by atoms with Crippen LogP contribution in [-0.2, 0) is 9.53 Å². The standard InChI is InChI=1S/C15H18ClN3O2/c1-11-14(10-18-5-7-21-8-6-18)15(20)19(17-11)13-4-2-3-12(16)9-13/h2-4,9,14H,5-8,10H2,1H3. The molecular formula is C15H18ClN3O2. The van der Waals surface area contributed by atoms with Crippen molar-refractivity contribution in [3.8, 4) is 0 Å². The fraction of sp³-hybridized carbons (Fsp3) is 0.467. The third kappa shape index (κ3) is 3.10. The first-order valence-corrected chi connectivity index (χ1v) is 7.47. The zero-order valence-corrected chi connectivity index (χ0v) is 12.7. The van der Waals surface area contributed by atoms with Gasteiger partial charge in [0.25, 0.3) is 5.91 Å². The Kier molecular flexibility index (Phi) is 4.24. The maximum Gasteiger partial charge on any atom is 0.257 e. The van der Waals surface area contributed by atoms with Gasteiger partial charge < -0.3 is 4.74 Å². The van der Waals surface area contributed by atoms with Crippen molar-refractivity contribution in [2.24, 2.45) is 11.0 Å². The van der Waals surface area contributed by atoms with Crippen LogP contribution in [0.2, 0.25) is 5.02 Å². The molecule has 112 valence electrons. The summed E-state index contributed by atoms with van der Waals surface area (Å²) in [6, 6.07) is 7.21. The van der Waals surface area contributed by atoms with Crippen LogP contribution in [0.5, 0.6) is 0 Å². The molecule has 1 aromatic carbocycles. The number of anilines is 1. The number of carbonyl (C=O) groups is 1. The van der Waals surface area contributed by atoms with Crippen molar-refractivity contribution in [1.29, 1.82) is 0 Å². The average molecular weight is 308 g/mol. The Morgan fingerprint density at radius 2 is 2.14 bits per heavy atom. The third-order valence-electron chi connectivity index (χ3n) is 3.87. The predicted octanol–water partition coefficient (Wildman–Crippen LogP) is 2.01. The molecule has 2 heterocycles. The van der Waals surface area contributed by atoms with Gasteiger partial charge in [-0.05, 0) is 25.1 Å². The van der Waals surface area contributed by atoms with E-state index in [4.69, 9.17) is 16.3 Å². The monoisotopic (exact) mass is 307 g/mol. The van der Waals surface area contributed by atoms with Crippen LogP contribution in [0, 0.1) is 5.92 Å². The minimum atomic E-state index is -0.179. The van der Waals surface area contributed by atoms with Crippen LogP contribution in [0.3, 0.4) is 0 Å². The number of hydrogen-bond acceptors (Lipinski definition) is 4. The normalized spacial score (nSPS) is 23.5. The molecule has 21 heavy (non-hydrogen) atoms. The maximum atomic E-state index is 12.6. The zero-order chi connectivity index (χ0) is 14.8. The van der Waals surface area contributed by atoms with E-state index in [1.54, 1.807) is 12.1 Å².